The normalized spacial score (nSPS) is 14.0. The molecular weight excluding hydrogens is 630 g/mol. The largest absolute Gasteiger partial charge is 0.493 e. The van der Waals surface area contributed by atoms with Crippen molar-refractivity contribution in [3.63, 3.8) is 0 Å². The average molecular weight is 666 g/mol. The number of ether oxygens (including phenoxy) is 2. The molecule has 0 bridgehead atoms. The van der Waals surface area contributed by atoms with Crippen molar-refractivity contribution >= 4 is 40.9 Å². The van der Waals surface area contributed by atoms with Crippen molar-refractivity contribution in [3.8, 4) is 11.5 Å². The first-order valence-corrected chi connectivity index (χ1v) is 16.6. The highest BCUT2D eigenvalue weighted by molar-refractivity contribution is 7.98. The van der Waals surface area contributed by atoms with Crippen LogP contribution in [0.1, 0.15) is 46.3 Å². The second kappa shape index (κ2) is 13.9. The second-order valence-corrected chi connectivity index (χ2v) is 12.8. The number of hydrogen-bond acceptors (Lipinski definition) is 7. The van der Waals surface area contributed by atoms with E-state index in [0.29, 0.717) is 51.3 Å². The Bertz CT molecular complexity index is 1990. The predicted molar refractivity (Wildman–Crippen MR) is 189 cm³/mol. The summed E-state index contributed by atoms with van der Waals surface area (Å²) in [6, 6.07) is 26.9. The first-order chi connectivity index (χ1) is 22.7. The molecule has 1 unspecified atom stereocenters. The Labute approximate surface area is 284 Å². The highest BCUT2D eigenvalue weighted by Crippen LogP contribution is 2.40. The van der Waals surface area contributed by atoms with Crippen LogP contribution < -0.4 is 20.1 Å². The van der Waals surface area contributed by atoms with Gasteiger partial charge in [-0.3, -0.25) is 4.79 Å². The number of amides is 1. The Hall–Kier alpha value is -4.73. The van der Waals surface area contributed by atoms with E-state index in [1.54, 1.807) is 11.8 Å². The van der Waals surface area contributed by atoms with E-state index in [1.807, 2.05) is 99.6 Å². The zero-order valence-electron chi connectivity index (χ0n) is 26.9. The van der Waals surface area contributed by atoms with Gasteiger partial charge < -0.3 is 20.1 Å². The highest BCUT2D eigenvalue weighted by atomic mass is 35.5. The molecule has 0 fully saturated rings. The molecule has 6 rings (SSSR count). The van der Waals surface area contributed by atoms with Crippen LogP contribution in [0.4, 0.5) is 11.6 Å². The summed E-state index contributed by atoms with van der Waals surface area (Å²) in [6.45, 7) is 8.38. The van der Waals surface area contributed by atoms with Crippen LogP contribution >= 0.6 is 23.4 Å². The van der Waals surface area contributed by atoms with Gasteiger partial charge in [0.25, 0.3) is 5.91 Å². The first kappa shape index (κ1) is 32.2. The van der Waals surface area contributed by atoms with E-state index in [9.17, 15) is 4.79 Å². The van der Waals surface area contributed by atoms with Gasteiger partial charge in [0.15, 0.2) is 11.5 Å². The fraction of sp³-hybridized carbons (Fsp3) is 0.216. The fourth-order valence-electron chi connectivity index (χ4n) is 5.53. The van der Waals surface area contributed by atoms with Crippen LogP contribution in [0.5, 0.6) is 11.5 Å². The van der Waals surface area contributed by atoms with Crippen molar-refractivity contribution in [3.05, 3.63) is 135 Å². The molecule has 0 radical (unpaired) electrons. The first-order valence-electron chi connectivity index (χ1n) is 15.3. The molecule has 1 aliphatic rings. The quantitative estimate of drug-likeness (QED) is 0.144. The van der Waals surface area contributed by atoms with Crippen LogP contribution in [0.2, 0.25) is 5.02 Å². The zero-order valence-corrected chi connectivity index (χ0v) is 28.5. The topological polar surface area (TPSA) is 90.3 Å². The molecule has 0 spiro atoms. The van der Waals surface area contributed by atoms with E-state index in [2.05, 4.69) is 23.6 Å². The van der Waals surface area contributed by atoms with Crippen molar-refractivity contribution < 1.29 is 14.3 Å². The number of nitrogens with one attached hydrogen (secondary N) is 2. The smallest absolute Gasteiger partial charge is 0.255 e. The maximum atomic E-state index is 14.2. The minimum Gasteiger partial charge on any atom is -0.493 e. The van der Waals surface area contributed by atoms with Gasteiger partial charge in [0, 0.05) is 22.2 Å². The van der Waals surface area contributed by atoms with E-state index in [1.165, 1.54) is 11.8 Å². The Kier molecular flexibility index (Phi) is 9.56. The van der Waals surface area contributed by atoms with Crippen LogP contribution in [0.3, 0.4) is 0 Å². The summed E-state index contributed by atoms with van der Waals surface area (Å²) in [6.07, 6.45) is 0. The Morgan fingerprint density at radius 1 is 0.936 bits per heavy atom. The Balaban J connectivity index is 1.36. The van der Waals surface area contributed by atoms with Crippen molar-refractivity contribution in [2.45, 2.75) is 51.3 Å². The number of allylic oxidation sites excluding steroid dienone is 1. The second-order valence-electron chi connectivity index (χ2n) is 11.4. The number of aromatic nitrogens is 3. The van der Waals surface area contributed by atoms with Gasteiger partial charge in [-0.05, 0) is 85.3 Å². The number of hydrogen-bond donors (Lipinski definition) is 2. The van der Waals surface area contributed by atoms with Crippen molar-refractivity contribution in [1.29, 1.82) is 0 Å². The number of methoxy groups -OCH3 is 1. The van der Waals surface area contributed by atoms with Crippen molar-refractivity contribution in [1.82, 2.24) is 14.8 Å². The van der Waals surface area contributed by atoms with Crippen LogP contribution in [0, 0.1) is 20.8 Å². The number of carbonyl (C=O) groups excluding carboxylic acids is 1. The number of aryl methyl sites for hydroxylation is 2. The molecule has 2 N–H and O–H groups in total. The van der Waals surface area contributed by atoms with E-state index in [4.69, 9.17) is 31.2 Å². The van der Waals surface area contributed by atoms with Gasteiger partial charge in [-0.25, -0.2) is 4.68 Å². The van der Waals surface area contributed by atoms with Crippen LogP contribution in [-0.2, 0) is 17.2 Å². The minimum absolute atomic E-state index is 0.237. The average Bonchev–Trinajstić information content (AvgIpc) is 3.47. The molecule has 2 heterocycles. The highest BCUT2D eigenvalue weighted by Gasteiger charge is 2.35. The summed E-state index contributed by atoms with van der Waals surface area (Å²) in [5, 5.41) is 12.6. The van der Waals surface area contributed by atoms with Crippen LogP contribution in [0.15, 0.2) is 101 Å². The number of halogens is 1. The minimum atomic E-state index is -0.599. The number of thioether (sulfide) groups is 1. The summed E-state index contributed by atoms with van der Waals surface area (Å²) in [7, 11) is 1.61. The third-order valence-corrected chi connectivity index (χ3v) is 9.65. The fourth-order valence-corrected chi connectivity index (χ4v) is 6.64. The standard InChI is InChI=1S/C37H36ClN5O3S/c1-22-12-10-16-30(24(22)3)40-35(44)33-25(4)39-36-41-37(47-21-28-14-8-9-15-29(28)38)42-43(36)34(33)26-17-18-31(32(19-26)45-5)46-20-27-13-7-6-11-23(27)2/h6-19,34H,20-21H2,1-5H3,(H,40,44)(H,39,41,42). The van der Waals surface area contributed by atoms with Gasteiger partial charge in [-0.15, -0.1) is 5.10 Å². The van der Waals surface area contributed by atoms with Crippen LogP contribution in [0.25, 0.3) is 0 Å². The Morgan fingerprint density at radius 3 is 2.45 bits per heavy atom. The lowest BCUT2D eigenvalue weighted by Gasteiger charge is -2.29. The van der Waals surface area contributed by atoms with Gasteiger partial charge in [-0.1, -0.05) is 84.0 Å². The molecule has 4 aromatic carbocycles. The van der Waals surface area contributed by atoms with Crippen molar-refractivity contribution in [2.24, 2.45) is 0 Å². The molecule has 10 heteroatoms. The third kappa shape index (κ3) is 6.87. The maximum absolute atomic E-state index is 14.2. The van der Waals surface area contributed by atoms with E-state index in [0.717, 1.165) is 39.1 Å². The molecule has 1 aromatic heterocycles. The molecule has 47 heavy (non-hydrogen) atoms. The predicted octanol–water partition coefficient (Wildman–Crippen LogP) is 8.66. The number of rotatable bonds is 10. The van der Waals surface area contributed by atoms with Gasteiger partial charge in [-0.2, -0.15) is 4.98 Å². The zero-order chi connectivity index (χ0) is 33.1. The van der Waals surface area contributed by atoms with Crippen molar-refractivity contribution in [2.75, 3.05) is 17.7 Å². The molecule has 1 aliphatic heterocycles. The van der Waals surface area contributed by atoms with E-state index < -0.39 is 6.04 Å². The summed E-state index contributed by atoms with van der Waals surface area (Å²) < 4.78 is 13.8. The van der Waals surface area contributed by atoms with Gasteiger partial charge >= 0.3 is 0 Å². The lowest BCUT2D eigenvalue weighted by molar-refractivity contribution is -0.113. The molecule has 0 saturated carbocycles. The van der Waals surface area contributed by atoms with Gasteiger partial charge in [0.2, 0.25) is 11.1 Å². The lowest BCUT2D eigenvalue weighted by atomic mass is 9.94. The van der Waals surface area contributed by atoms with E-state index in [-0.39, 0.29) is 5.91 Å². The Morgan fingerprint density at radius 2 is 1.68 bits per heavy atom. The number of fused-ring (bicyclic) bond motifs is 1. The number of nitrogens with zero attached hydrogens (tertiary/aromatic N) is 3. The third-order valence-electron chi connectivity index (χ3n) is 8.39. The summed E-state index contributed by atoms with van der Waals surface area (Å²) in [5.74, 6) is 2.05. The number of anilines is 2. The molecule has 1 amide bonds. The maximum Gasteiger partial charge on any atom is 0.255 e. The molecule has 0 saturated heterocycles. The molecule has 5 aromatic rings. The van der Waals surface area contributed by atoms with E-state index >= 15 is 0 Å². The molecule has 1 atom stereocenters. The molecule has 8 nitrogen and oxygen atoms in total. The monoisotopic (exact) mass is 665 g/mol. The molecular formula is C37H36ClN5O3S. The number of benzene rings is 4. The summed E-state index contributed by atoms with van der Waals surface area (Å²) in [4.78, 5) is 19.0. The summed E-state index contributed by atoms with van der Waals surface area (Å²) >= 11 is 7.90. The van der Waals surface area contributed by atoms with Crippen LogP contribution in [-0.4, -0.2) is 27.8 Å². The lowest BCUT2D eigenvalue weighted by Crippen LogP contribution is -2.31. The molecule has 240 valence electrons. The summed E-state index contributed by atoms with van der Waals surface area (Å²) in [5.41, 5.74) is 8.09. The molecule has 0 aliphatic carbocycles. The van der Waals surface area contributed by atoms with Gasteiger partial charge in [0.1, 0.15) is 12.6 Å². The van der Waals surface area contributed by atoms with Gasteiger partial charge in [0.05, 0.1) is 12.7 Å². The number of carbonyl (C=O) groups is 1. The SMILES string of the molecule is COc1cc(C2C(C(=O)Nc3cccc(C)c3C)=C(C)Nc3nc(SCc4ccccc4Cl)nn32)ccc1OCc1ccccc1C.